The summed E-state index contributed by atoms with van der Waals surface area (Å²) < 4.78 is 24.3. The Morgan fingerprint density at radius 2 is 1.87 bits per heavy atom. The Morgan fingerprint density at radius 3 is 2.30 bits per heavy atom. The summed E-state index contributed by atoms with van der Waals surface area (Å²) in [6.45, 7) is 6.12. The average Bonchev–Trinajstić information content (AvgIpc) is 2.45. The van der Waals surface area contributed by atoms with Crippen LogP contribution in [0.3, 0.4) is 0 Å². The van der Waals surface area contributed by atoms with Crippen LogP contribution in [0.15, 0.2) is 34.4 Å². The zero-order valence-corrected chi connectivity index (χ0v) is 15.6. The minimum atomic E-state index is -3.25. The van der Waals surface area contributed by atoms with Crippen molar-refractivity contribution in [1.82, 2.24) is 5.43 Å². The minimum Gasteiger partial charge on any atom is -0.274 e. The number of hydrogen-bond acceptors (Lipinski definition) is 5. The SMILES string of the molecule is CN(c1ccc(C2=NNC(=NC(C)(C)C)SC2)cc1)S(C)(=O)=O. The van der Waals surface area contributed by atoms with Gasteiger partial charge in [-0.25, -0.2) is 8.42 Å². The molecule has 1 aromatic rings. The van der Waals surface area contributed by atoms with Crippen LogP contribution in [-0.2, 0) is 10.0 Å². The van der Waals surface area contributed by atoms with Gasteiger partial charge in [-0.1, -0.05) is 23.9 Å². The quantitative estimate of drug-likeness (QED) is 0.904. The molecule has 0 amide bonds. The molecule has 0 saturated heterocycles. The smallest absolute Gasteiger partial charge is 0.231 e. The summed E-state index contributed by atoms with van der Waals surface area (Å²) in [6, 6.07) is 7.32. The van der Waals surface area contributed by atoms with Gasteiger partial charge in [-0.05, 0) is 38.5 Å². The predicted octanol–water partition coefficient (Wildman–Crippen LogP) is 2.28. The highest BCUT2D eigenvalue weighted by atomic mass is 32.2. The standard InChI is InChI=1S/C15H22N4O2S2/c1-15(2,3)16-14-18-17-13(10-22-14)11-6-8-12(9-7-11)19(4)23(5,20)21/h6-9H,10H2,1-5H3,(H,16,18). The first-order valence-corrected chi connectivity index (χ1v) is 9.99. The number of benzene rings is 1. The Bertz CT molecular complexity index is 732. The fourth-order valence-electron chi connectivity index (χ4n) is 1.88. The van der Waals surface area contributed by atoms with Gasteiger partial charge in [-0.15, -0.1) is 0 Å². The van der Waals surface area contributed by atoms with E-state index in [0.29, 0.717) is 5.69 Å². The lowest BCUT2D eigenvalue weighted by Gasteiger charge is -2.20. The molecule has 0 aromatic heterocycles. The van der Waals surface area contributed by atoms with Gasteiger partial charge in [0.2, 0.25) is 10.0 Å². The van der Waals surface area contributed by atoms with Crippen molar-refractivity contribution >= 4 is 38.4 Å². The van der Waals surface area contributed by atoms with Crippen molar-refractivity contribution in [2.24, 2.45) is 10.1 Å². The second-order valence-electron chi connectivity index (χ2n) is 6.32. The molecule has 0 unspecified atom stereocenters. The summed E-state index contributed by atoms with van der Waals surface area (Å²) in [5.41, 5.74) is 5.35. The van der Waals surface area contributed by atoms with Gasteiger partial charge in [0.1, 0.15) is 0 Å². The van der Waals surface area contributed by atoms with Crippen LogP contribution < -0.4 is 9.73 Å². The van der Waals surface area contributed by atoms with Gasteiger partial charge < -0.3 is 0 Å². The number of thioether (sulfide) groups is 1. The molecule has 0 aliphatic carbocycles. The Labute approximate surface area is 142 Å². The molecular formula is C15H22N4O2S2. The van der Waals surface area contributed by atoms with Crippen LogP contribution in [-0.4, -0.2) is 43.9 Å². The summed E-state index contributed by atoms with van der Waals surface area (Å²) in [6.07, 6.45) is 1.18. The number of anilines is 1. The summed E-state index contributed by atoms with van der Waals surface area (Å²) in [5.74, 6) is 0.725. The summed E-state index contributed by atoms with van der Waals surface area (Å²) >= 11 is 1.61. The van der Waals surface area contributed by atoms with Crippen molar-refractivity contribution < 1.29 is 8.42 Å². The van der Waals surface area contributed by atoms with Crippen molar-refractivity contribution in [3.63, 3.8) is 0 Å². The van der Waals surface area contributed by atoms with Gasteiger partial charge in [-0.3, -0.25) is 14.7 Å². The number of hydrogen-bond donors (Lipinski definition) is 1. The summed E-state index contributed by atoms with van der Waals surface area (Å²) in [5, 5.41) is 5.19. The van der Waals surface area contributed by atoms with Crippen molar-refractivity contribution in [2.45, 2.75) is 26.3 Å². The summed E-state index contributed by atoms with van der Waals surface area (Å²) in [7, 11) is -1.71. The van der Waals surface area contributed by atoms with Crippen LogP contribution in [0.4, 0.5) is 5.69 Å². The van der Waals surface area contributed by atoms with E-state index in [1.54, 1.807) is 23.9 Å². The molecule has 126 valence electrons. The van der Waals surface area contributed by atoms with E-state index in [1.165, 1.54) is 17.6 Å². The molecule has 0 radical (unpaired) electrons. The van der Waals surface area contributed by atoms with E-state index in [2.05, 4.69) is 15.5 Å². The van der Waals surface area contributed by atoms with Crippen molar-refractivity contribution in [2.75, 3.05) is 23.4 Å². The first-order chi connectivity index (χ1) is 10.6. The molecule has 2 rings (SSSR count). The molecule has 1 aliphatic heterocycles. The van der Waals surface area contributed by atoms with E-state index in [4.69, 9.17) is 0 Å². The van der Waals surface area contributed by atoms with E-state index in [-0.39, 0.29) is 5.54 Å². The molecule has 0 saturated carbocycles. The summed E-state index contributed by atoms with van der Waals surface area (Å²) in [4.78, 5) is 4.55. The van der Waals surface area contributed by atoms with Gasteiger partial charge in [0.05, 0.1) is 23.2 Å². The maximum atomic E-state index is 11.5. The van der Waals surface area contributed by atoms with Crippen LogP contribution in [0.2, 0.25) is 0 Å². The van der Waals surface area contributed by atoms with Gasteiger partial charge in [-0.2, -0.15) is 5.10 Å². The number of hydrazone groups is 1. The number of sulfonamides is 1. The zero-order valence-electron chi connectivity index (χ0n) is 14.0. The Kier molecular flexibility index (Phi) is 5.05. The van der Waals surface area contributed by atoms with E-state index < -0.39 is 10.0 Å². The molecule has 0 fully saturated rings. The van der Waals surface area contributed by atoms with Gasteiger partial charge >= 0.3 is 0 Å². The Hall–Kier alpha value is -1.54. The highest BCUT2D eigenvalue weighted by Gasteiger charge is 2.17. The van der Waals surface area contributed by atoms with Gasteiger partial charge in [0.25, 0.3) is 0 Å². The predicted molar refractivity (Wildman–Crippen MR) is 99.0 cm³/mol. The fourth-order valence-corrected chi connectivity index (χ4v) is 3.34. The Balaban J connectivity index is 2.14. The zero-order chi connectivity index (χ0) is 17.3. The molecule has 8 heteroatoms. The lowest BCUT2D eigenvalue weighted by molar-refractivity contribution is 0.582. The maximum absolute atomic E-state index is 11.5. The van der Waals surface area contributed by atoms with E-state index in [1.807, 2.05) is 32.9 Å². The first kappa shape index (κ1) is 17.8. The number of amidine groups is 1. The molecule has 6 nitrogen and oxygen atoms in total. The molecule has 1 heterocycles. The molecule has 1 aliphatic rings. The first-order valence-electron chi connectivity index (χ1n) is 7.16. The van der Waals surface area contributed by atoms with Gasteiger partial charge in [0, 0.05) is 12.8 Å². The number of nitrogens with zero attached hydrogens (tertiary/aromatic N) is 3. The van der Waals surface area contributed by atoms with Crippen LogP contribution in [0.25, 0.3) is 0 Å². The third kappa shape index (κ3) is 4.97. The van der Waals surface area contributed by atoms with Crippen molar-refractivity contribution in [1.29, 1.82) is 0 Å². The largest absolute Gasteiger partial charge is 0.274 e. The topological polar surface area (TPSA) is 74.1 Å². The lowest BCUT2D eigenvalue weighted by Crippen LogP contribution is -2.28. The average molecular weight is 355 g/mol. The van der Waals surface area contributed by atoms with Crippen LogP contribution in [0, 0.1) is 0 Å². The van der Waals surface area contributed by atoms with E-state index >= 15 is 0 Å². The van der Waals surface area contributed by atoms with Gasteiger partial charge in [0.15, 0.2) is 5.17 Å². The van der Waals surface area contributed by atoms with E-state index in [0.717, 1.165) is 22.2 Å². The molecule has 1 N–H and O–H groups in total. The highest BCUT2D eigenvalue weighted by Crippen LogP contribution is 2.20. The molecule has 0 bridgehead atoms. The third-order valence-corrected chi connectivity index (χ3v) is 5.21. The molecule has 0 spiro atoms. The monoisotopic (exact) mass is 354 g/mol. The number of aliphatic imine (C=N–C) groups is 1. The van der Waals surface area contributed by atoms with E-state index in [9.17, 15) is 8.42 Å². The second-order valence-corrected chi connectivity index (χ2v) is 9.30. The molecule has 23 heavy (non-hydrogen) atoms. The Morgan fingerprint density at radius 1 is 1.26 bits per heavy atom. The number of nitrogens with one attached hydrogen (secondary N) is 1. The molecular weight excluding hydrogens is 332 g/mol. The molecule has 1 aromatic carbocycles. The van der Waals surface area contributed by atoms with Crippen molar-refractivity contribution in [3.05, 3.63) is 29.8 Å². The third-order valence-electron chi connectivity index (χ3n) is 3.13. The molecule has 0 atom stereocenters. The normalized spacial score (nSPS) is 17.6. The second kappa shape index (κ2) is 6.52. The minimum absolute atomic E-state index is 0.139. The van der Waals surface area contributed by atoms with Crippen LogP contribution >= 0.6 is 11.8 Å². The number of rotatable bonds is 3. The van der Waals surface area contributed by atoms with Crippen molar-refractivity contribution in [3.8, 4) is 0 Å². The highest BCUT2D eigenvalue weighted by molar-refractivity contribution is 8.14. The van der Waals surface area contributed by atoms with Crippen LogP contribution in [0.1, 0.15) is 26.3 Å². The maximum Gasteiger partial charge on any atom is 0.231 e. The fraction of sp³-hybridized carbons (Fsp3) is 0.467. The van der Waals surface area contributed by atoms with Crippen LogP contribution in [0.5, 0.6) is 0 Å². The lowest BCUT2D eigenvalue weighted by atomic mass is 10.1.